The molecule has 4 atom stereocenters. The first-order chi connectivity index (χ1) is 9.54. The summed E-state index contributed by atoms with van der Waals surface area (Å²) in [5, 5.41) is 3.21. The molecule has 2 aliphatic carbocycles. The molecule has 3 heteroatoms. The first kappa shape index (κ1) is 14.1. The number of carbonyl (C=O) groups is 1. The van der Waals surface area contributed by atoms with Crippen molar-refractivity contribution < 1.29 is 4.79 Å². The van der Waals surface area contributed by atoms with Crippen LogP contribution in [0, 0.1) is 24.7 Å². The Labute approximate surface area is 129 Å². The average Bonchev–Trinajstić information content (AvgIpc) is 3.04. The summed E-state index contributed by atoms with van der Waals surface area (Å²) in [4.78, 5) is 12.3. The molecule has 2 nitrogen and oxygen atoms in total. The molecular formula is C17H22BrNO. The lowest BCUT2D eigenvalue weighted by Gasteiger charge is -2.28. The molecule has 1 N–H and O–H groups in total. The molecule has 2 bridgehead atoms. The largest absolute Gasteiger partial charge is 0.349 e. The minimum absolute atomic E-state index is 0.0565. The zero-order valence-corrected chi connectivity index (χ0v) is 13.7. The van der Waals surface area contributed by atoms with Crippen molar-refractivity contribution in [1.29, 1.82) is 0 Å². The lowest BCUT2D eigenvalue weighted by atomic mass is 9.84. The fourth-order valence-corrected chi connectivity index (χ4v) is 4.42. The molecule has 1 aromatic carbocycles. The number of hydrogen-bond acceptors (Lipinski definition) is 1. The van der Waals surface area contributed by atoms with Gasteiger partial charge in [0, 0.05) is 16.1 Å². The van der Waals surface area contributed by atoms with E-state index in [4.69, 9.17) is 0 Å². The molecule has 3 rings (SSSR count). The van der Waals surface area contributed by atoms with E-state index >= 15 is 0 Å². The maximum absolute atomic E-state index is 12.3. The third kappa shape index (κ3) is 2.65. The van der Waals surface area contributed by atoms with Crippen LogP contribution < -0.4 is 5.32 Å². The Morgan fingerprint density at radius 3 is 2.75 bits per heavy atom. The molecule has 0 spiro atoms. The highest BCUT2D eigenvalue weighted by atomic mass is 79.9. The Bertz CT molecular complexity index is 528. The molecule has 20 heavy (non-hydrogen) atoms. The summed E-state index contributed by atoms with van der Waals surface area (Å²) < 4.78 is 0.998. The first-order valence-electron chi connectivity index (χ1n) is 7.61. The predicted octanol–water partition coefficient (Wildman–Crippen LogP) is 4.31. The zero-order chi connectivity index (χ0) is 14.3. The number of carbonyl (C=O) groups excluding carboxylic acids is 1. The SMILES string of the molecule is Cc1ccc(C(=O)NC(C)C2CC3CCC2C3)cc1Br. The van der Waals surface area contributed by atoms with E-state index in [0.717, 1.165) is 27.4 Å². The summed E-state index contributed by atoms with van der Waals surface area (Å²) in [6, 6.07) is 6.10. The minimum Gasteiger partial charge on any atom is -0.349 e. The summed E-state index contributed by atoms with van der Waals surface area (Å²) in [5.74, 6) is 2.52. The van der Waals surface area contributed by atoms with Gasteiger partial charge < -0.3 is 5.32 Å². The smallest absolute Gasteiger partial charge is 0.251 e. The van der Waals surface area contributed by atoms with Gasteiger partial charge in [0.1, 0.15) is 0 Å². The Balaban J connectivity index is 1.65. The van der Waals surface area contributed by atoms with Gasteiger partial charge in [-0.3, -0.25) is 4.79 Å². The zero-order valence-electron chi connectivity index (χ0n) is 12.2. The second kappa shape index (κ2) is 5.51. The van der Waals surface area contributed by atoms with Crippen LogP contribution in [0.3, 0.4) is 0 Å². The first-order valence-corrected chi connectivity index (χ1v) is 8.41. The second-order valence-corrected chi connectivity index (χ2v) is 7.42. The highest BCUT2D eigenvalue weighted by Gasteiger charge is 2.42. The number of rotatable bonds is 3. The fourth-order valence-electron chi connectivity index (χ4n) is 4.04. The van der Waals surface area contributed by atoms with Crippen molar-refractivity contribution in [2.45, 2.75) is 45.6 Å². The number of benzene rings is 1. The van der Waals surface area contributed by atoms with Crippen molar-refractivity contribution in [1.82, 2.24) is 5.32 Å². The van der Waals surface area contributed by atoms with Crippen molar-refractivity contribution >= 4 is 21.8 Å². The Kier molecular flexibility index (Phi) is 3.89. The van der Waals surface area contributed by atoms with E-state index in [-0.39, 0.29) is 11.9 Å². The van der Waals surface area contributed by atoms with Crippen molar-refractivity contribution in [3.63, 3.8) is 0 Å². The molecule has 0 aromatic heterocycles. The highest BCUT2D eigenvalue weighted by molar-refractivity contribution is 9.10. The van der Waals surface area contributed by atoms with Gasteiger partial charge in [-0.2, -0.15) is 0 Å². The number of amides is 1. The lowest BCUT2D eigenvalue weighted by Crippen LogP contribution is -2.40. The third-order valence-electron chi connectivity index (χ3n) is 5.23. The van der Waals surface area contributed by atoms with Crippen LogP contribution in [-0.2, 0) is 0 Å². The van der Waals surface area contributed by atoms with Crippen LogP contribution in [0.25, 0.3) is 0 Å². The standard InChI is InChI=1S/C17H22BrNO/c1-10-3-5-14(9-16(10)18)17(20)19-11(2)15-8-12-4-6-13(15)7-12/h3,5,9,11-13,15H,4,6-8H2,1-2H3,(H,19,20). The molecule has 0 saturated heterocycles. The van der Waals surface area contributed by atoms with Gasteiger partial charge >= 0.3 is 0 Å². The van der Waals surface area contributed by atoms with Gasteiger partial charge in [0.15, 0.2) is 0 Å². The summed E-state index contributed by atoms with van der Waals surface area (Å²) in [6.45, 7) is 4.20. The Morgan fingerprint density at radius 1 is 1.35 bits per heavy atom. The van der Waals surface area contributed by atoms with Crippen LogP contribution in [-0.4, -0.2) is 11.9 Å². The molecule has 2 fully saturated rings. The van der Waals surface area contributed by atoms with Gasteiger partial charge in [0.25, 0.3) is 5.91 Å². The minimum atomic E-state index is 0.0565. The van der Waals surface area contributed by atoms with E-state index in [1.807, 2.05) is 25.1 Å². The van der Waals surface area contributed by atoms with Crippen LogP contribution in [0.1, 0.15) is 48.5 Å². The molecule has 0 aliphatic heterocycles. The molecule has 1 aromatic rings. The molecule has 108 valence electrons. The van der Waals surface area contributed by atoms with E-state index in [0.29, 0.717) is 5.92 Å². The topological polar surface area (TPSA) is 29.1 Å². The van der Waals surface area contributed by atoms with Crippen LogP contribution in [0.4, 0.5) is 0 Å². The van der Waals surface area contributed by atoms with Gasteiger partial charge in [0.05, 0.1) is 0 Å². The average molecular weight is 336 g/mol. The molecule has 2 saturated carbocycles. The lowest BCUT2D eigenvalue weighted by molar-refractivity contribution is 0.0915. The van der Waals surface area contributed by atoms with Crippen molar-refractivity contribution in [3.8, 4) is 0 Å². The van der Waals surface area contributed by atoms with E-state index in [9.17, 15) is 4.79 Å². The molecular weight excluding hydrogens is 314 g/mol. The molecule has 1 amide bonds. The van der Waals surface area contributed by atoms with Crippen LogP contribution in [0.5, 0.6) is 0 Å². The van der Waals surface area contributed by atoms with Crippen LogP contribution in [0.2, 0.25) is 0 Å². The highest BCUT2D eigenvalue weighted by Crippen LogP contribution is 2.49. The second-order valence-electron chi connectivity index (χ2n) is 6.56. The van der Waals surface area contributed by atoms with Crippen molar-refractivity contribution in [3.05, 3.63) is 33.8 Å². The Morgan fingerprint density at radius 2 is 2.15 bits per heavy atom. The van der Waals surface area contributed by atoms with Gasteiger partial charge in [0.2, 0.25) is 0 Å². The van der Waals surface area contributed by atoms with Gasteiger partial charge in [-0.15, -0.1) is 0 Å². The quantitative estimate of drug-likeness (QED) is 0.875. The molecule has 0 radical (unpaired) electrons. The summed E-state index contributed by atoms with van der Waals surface area (Å²) in [7, 11) is 0. The summed E-state index contributed by atoms with van der Waals surface area (Å²) in [5.41, 5.74) is 1.90. The normalized spacial score (nSPS) is 29.4. The summed E-state index contributed by atoms with van der Waals surface area (Å²) in [6.07, 6.45) is 5.48. The maximum Gasteiger partial charge on any atom is 0.251 e. The molecule has 0 heterocycles. The van der Waals surface area contributed by atoms with E-state index in [2.05, 4.69) is 28.2 Å². The number of hydrogen-bond donors (Lipinski definition) is 1. The molecule has 4 unspecified atom stereocenters. The van der Waals surface area contributed by atoms with Gasteiger partial charge in [-0.25, -0.2) is 0 Å². The van der Waals surface area contributed by atoms with Crippen LogP contribution in [0.15, 0.2) is 22.7 Å². The van der Waals surface area contributed by atoms with E-state index in [1.54, 1.807) is 0 Å². The molecule has 2 aliphatic rings. The number of halogens is 1. The van der Waals surface area contributed by atoms with Gasteiger partial charge in [-0.05, 0) is 68.6 Å². The summed E-state index contributed by atoms with van der Waals surface area (Å²) >= 11 is 3.49. The Hall–Kier alpha value is -0.830. The number of nitrogens with one attached hydrogen (secondary N) is 1. The number of fused-ring (bicyclic) bond motifs is 2. The van der Waals surface area contributed by atoms with Gasteiger partial charge in [-0.1, -0.05) is 28.4 Å². The van der Waals surface area contributed by atoms with Crippen molar-refractivity contribution in [2.24, 2.45) is 17.8 Å². The monoisotopic (exact) mass is 335 g/mol. The van der Waals surface area contributed by atoms with Crippen LogP contribution >= 0.6 is 15.9 Å². The predicted molar refractivity (Wildman–Crippen MR) is 84.7 cm³/mol. The third-order valence-corrected chi connectivity index (χ3v) is 6.08. The van der Waals surface area contributed by atoms with Crippen molar-refractivity contribution in [2.75, 3.05) is 0 Å². The van der Waals surface area contributed by atoms with E-state index < -0.39 is 0 Å². The maximum atomic E-state index is 12.3. The van der Waals surface area contributed by atoms with E-state index in [1.165, 1.54) is 25.7 Å². The fraction of sp³-hybridized carbons (Fsp3) is 0.588. The number of aryl methyl sites for hydroxylation is 1.